The topological polar surface area (TPSA) is 80.9 Å². The van der Waals surface area contributed by atoms with Crippen LogP contribution < -0.4 is 0 Å². The molecule has 0 aromatic heterocycles. The summed E-state index contributed by atoms with van der Waals surface area (Å²) in [6.07, 6.45) is 1.08. The van der Waals surface area contributed by atoms with Gasteiger partial charge in [-0.05, 0) is 6.42 Å². The Labute approximate surface area is 59.7 Å². The fourth-order valence-electron chi connectivity index (χ4n) is 0.756. The smallest absolute Gasteiger partial charge is 0.280 e. The number of hydrogen-bond acceptors (Lipinski definition) is 4. The van der Waals surface area contributed by atoms with E-state index < -0.39 is 18.5 Å². The monoisotopic (exact) mass is 150 g/mol. The van der Waals surface area contributed by atoms with Gasteiger partial charge in [0.1, 0.15) is 0 Å². The summed E-state index contributed by atoms with van der Waals surface area (Å²) in [6.45, 7) is 1.41. The van der Waals surface area contributed by atoms with Gasteiger partial charge in [-0.25, -0.2) is 0 Å². The Balaban J connectivity index is 3.81. The Hall–Kier alpha value is -0.160. The van der Waals surface area contributed by atoms with E-state index in [9.17, 15) is 0 Å². The van der Waals surface area contributed by atoms with Crippen LogP contribution in [0.2, 0.25) is 0 Å². The van der Waals surface area contributed by atoms with Gasteiger partial charge in [-0.15, -0.1) is 0 Å². The Morgan fingerprint density at radius 3 is 1.90 bits per heavy atom. The third kappa shape index (κ3) is 3.12. The molecule has 0 fully saturated rings. The Morgan fingerprint density at radius 1 is 1.30 bits per heavy atom. The molecule has 62 valence electrons. The van der Waals surface area contributed by atoms with Gasteiger partial charge in [-0.1, -0.05) is 13.3 Å². The van der Waals surface area contributed by atoms with Gasteiger partial charge in [-0.3, -0.25) is 0 Å². The standard InChI is InChI=1S/C6H14O4/c1-2-3-5(4-7)6(8,9)10/h5,7-10H,2-4H2,1H3. The van der Waals surface area contributed by atoms with Crippen molar-refractivity contribution in [1.82, 2.24) is 0 Å². The van der Waals surface area contributed by atoms with Crippen molar-refractivity contribution in [3.63, 3.8) is 0 Å². The molecule has 4 nitrogen and oxygen atoms in total. The summed E-state index contributed by atoms with van der Waals surface area (Å²) in [6, 6.07) is 0. The highest BCUT2D eigenvalue weighted by Gasteiger charge is 2.30. The molecule has 0 saturated carbocycles. The van der Waals surface area contributed by atoms with Crippen LogP contribution in [-0.4, -0.2) is 33.0 Å². The number of aliphatic hydroxyl groups excluding tert-OH is 1. The predicted molar refractivity (Wildman–Crippen MR) is 34.9 cm³/mol. The van der Waals surface area contributed by atoms with E-state index in [1.165, 1.54) is 0 Å². The molecular weight excluding hydrogens is 136 g/mol. The summed E-state index contributed by atoms with van der Waals surface area (Å²) < 4.78 is 0. The number of aliphatic hydroxyl groups is 4. The molecule has 0 heterocycles. The normalized spacial score (nSPS) is 15.3. The summed E-state index contributed by atoms with van der Waals surface area (Å²) in [7, 11) is 0. The lowest BCUT2D eigenvalue weighted by Gasteiger charge is -2.23. The molecule has 0 aliphatic heterocycles. The lowest BCUT2D eigenvalue weighted by molar-refractivity contribution is -0.346. The molecular formula is C6H14O4. The molecule has 0 amide bonds. The van der Waals surface area contributed by atoms with E-state index in [1.54, 1.807) is 0 Å². The quantitative estimate of drug-likeness (QED) is 0.388. The summed E-state index contributed by atoms with van der Waals surface area (Å²) in [4.78, 5) is 0. The van der Waals surface area contributed by atoms with E-state index in [0.29, 0.717) is 12.8 Å². The van der Waals surface area contributed by atoms with Crippen LogP contribution in [0, 0.1) is 5.92 Å². The maximum atomic E-state index is 8.56. The van der Waals surface area contributed by atoms with Gasteiger partial charge >= 0.3 is 0 Å². The Morgan fingerprint density at radius 2 is 1.80 bits per heavy atom. The first kappa shape index (κ1) is 9.84. The summed E-state index contributed by atoms with van der Waals surface area (Å²) >= 11 is 0. The second-order valence-corrected chi connectivity index (χ2v) is 2.36. The van der Waals surface area contributed by atoms with E-state index in [4.69, 9.17) is 20.4 Å². The zero-order chi connectivity index (χ0) is 8.20. The maximum absolute atomic E-state index is 8.56. The van der Waals surface area contributed by atoms with Gasteiger partial charge in [0.15, 0.2) is 0 Å². The van der Waals surface area contributed by atoms with Gasteiger partial charge in [0.2, 0.25) is 0 Å². The van der Waals surface area contributed by atoms with Crippen molar-refractivity contribution in [2.45, 2.75) is 25.7 Å². The van der Waals surface area contributed by atoms with Crippen molar-refractivity contribution in [3.05, 3.63) is 0 Å². The fraction of sp³-hybridized carbons (Fsp3) is 1.00. The summed E-state index contributed by atoms with van der Waals surface area (Å²) in [5, 5.41) is 34.2. The van der Waals surface area contributed by atoms with Gasteiger partial charge in [0.25, 0.3) is 5.97 Å². The van der Waals surface area contributed by atoms with E-state index in [1.807, 2.05) is 6.92 Å². The third-order valence-electron chi connectivity index (χ3n) is 1.41. The van der Waals surface area contributed by atoms with Gasteiger partial charge in [-0.2, -0.15) is 0 Å². The molecule has 4 N–H and O–H groups in total. The minimum atomic E-state index is -2.73. The summed E-state index contributed by atoms with van der Waals surface area (Å²) in [5.74, 6) is -3.59. The Kier molecular flexibility index (Phi) is 3.81. The van der Waals surface area contributed by atoms with Crippen molar-refractivity contribution in [1.29, 1.82) is 0 Å². The molecule has 1 unspecified atom stereocenters. The average Bonchev–Trinajstić information content (AvgIpc) is 1.80. The first-order chi connectivity index (χ1) is 4.52. The number of rotatable bonds is 4. The Bertz CT molecular complexity index is 86.2. The van der Waals surface area contributed by atoms with Crippen LogP contribution in [0.5, 0.6) is 0 Å². The van der Waals surface area contributed by atoms with Crippen LogP contribution in [0.4, 0.5) is 0 Å². The van der Waals surface area contributed by atoms with Crippen LogP contribution >= 0.6 is 0 Å². The lowest BCUT2D eigenvalue weighted by Crippen LogP contribution is -2.39. The molecule has 0 aromatic rings. The van der Waals surface area contributed by atoms with E-state index in [0.717, 1.165) is 0 Å². The highest BCUT2D eigenvalue weighted by Crippen LogP contribution is 2.15. The zero-order valence-electron chi connectivity index (χ0n) is 5.99. The highest BCUT2D eigenvalue weighted by molar-refractivity contribution is 4.63. The molecule has 0 saturated heterocycles. The minimum absolute atomic E-state index is 0.389. The van der Waals surface area contributed by atoms with Crippen LogP contribution in [0.1, 0.15) is 19.8 Å². The van der Waals surface area contributed by atoms with Gasteiger partial charge in [0.05, 0.1) is 12.5 Å². The van der Waals surface area contributed by atoms with Crippen LogP contribution in [-0.2, 0) is 0 Å². The highest BCUT2D eigenvalue weighted by atomic mass is 16.7. The fourth-order valence-corrected chi connectivity index (χ4v) is 0.756. The van der Waals surface area contributed by atoms with Crippen molar-refractivity contribution in [3.8, 4) is 0 Å². The summed E-state index contributed by atoms with van der Waals surface area (Å²) in [5.41, 5.74) is 0. The maximum Gasteiger partial charge on any atom is 0.280 e. The van der Waals surface area contributed by atoms with Crippen molar-refractivity contribution >= 4 is 0 Å². The average molecular weight is 150 g/mol. The van der Waals surface area contributed by atoms with Gasteiger partial charge in [0, 0.05) is 0 Å². The molecule has 0 aliphatic carbocycles. The molecule has 0 rings (SSSR count). The van der Waals surface area contributed by atoms with Crippen molar-refractivity contribution < 1.29 is 20.4 Å². The first-order valence-corrected chi connectivity index (χ1v) is 3.30. The second-order valence-electron chi connectivity index (χ2n) is 2.36. The molecule has 0 bridgehead atoms. The molecule has 0 radical (unpaired) electrons. The lowest BCUT2D eigenvalue weighted by atomic mass is 10.0. The van der Waals surface area contributed by atoms with E-state index in [-0.39, 0.29) is 0 Å². The van der Waals surface area contributed by atoms with Crippen molar-refractivity contribution in [2.24, 2.45) is 5.92 Å². The first-order valence-electron chi connectivity index (χ1n) is 3.30. The predicted octanol–water partition coefficient (Wildman–Crippen LogP) is -0.974. The van der Waals surface area contributed by atoms with Gasteiger partial charge < -0.3 is 20.4 Å². The molecule has 1 atom stereocenters. The van der Waals surface area contributed by atoms with Crippen LogP contribution in [0.15, 0.2) is 0 Å². The van der Waals surface area contributed by atoms with Crippen LogP contribution in [0.25, 0.3) is 0 Å². The van der Waals surface area contributed by atoms with E-state index in [2.05, 4.69) is 0 Å². The van der Waals surface area contributed by atoms with Crippen molar-refractivity contribution in [2.75, 3.05) is 6.61 Å². The molecule has 0 aromatic carbocycles. The molecule has 10 heavy (non-hydrogen) atoms. The zero-order valence-corrected chi connectivity index (χ0v) is 5.99. The number of hydrogen-bond donors (Lipinski definition) is 4. The third-order valence-corrected chi connectivity index (χ3v) is 1.41. The van der Waals surface area contributed by atoms with E-state index >= 15 is 0 Å². The molecule has 0 spiro atoms. The molecule has 0 aliphatic rings. The second kappa shape index (κ2) is 3.88. The molecule has 4 heteroatoms. The minimum Gasteiger partial charge on any atom is -0.396 e. The largest absolute Gasteiger partial charge is 0.396 e. The van der Waals surface area contributed by atoms with Crippen LogP contribution in [0.3, 0.4) is 0 Å². The SMILES string of the molecule is CCCC(CO)C(O)(O)O.